The van der Waals surface area contributed by atoms with Crippen molar-refractivity contribution in [2.75, 3.05) is 5.73 Å². The fourth-order valence-corrected chi connectivity index (χ4v) is 3.68. The molecule has 0 saturated heterocycles. The van der Waals surface area contributed by atoms with E-state index in [1.807, 2.05) is 0 Å². The number of nitriles is 1. The van der Waals surface area contributed by atoms with Gasteiger partial charge in [0.05, 0.1) is 5.69 Å². The normalized spacial score (nSPS) is 10.4. The van der Waals surface area contributed by atoms with E-state index >= 15 is 0 Å². The van der Waals surface area contributed by atoms with Gasteiger partial charge in [-0.3, -0.25) is 0 Å². The maximum atomic E-state index is 9.19. The summed E-state index contributed by atoms with van der Waals surface area (Å²) in [6.07, 6.45) is 1.96. The predicted octanol–water partition coefficient (Wildman–Crippen LogP) is 4.44. The van der Waals surface area contributed by atoms with Crippen molar-refractivity contribution in [3.05, 3.63) is 39.8 Å². The number of nitrogens with zero attached hydrogens (tertiary/aromatic N) is 1. The number of nitrogens with two attached hydrogens (primary N) is 1. The average Bonchev–Trinajstić information content (AvgIpc) is 2.68. The summed E-state index contributed by atoms with van der Waals surface area (Å²) in [5.74, 6) is 0. The lowest BCUT2D eigenvalue weighted by molar-refractivity contribution is 0.929. The second-order valence-electron chi connectivity index (χ2n) is 4.78. The monoisotopic (exact) mass is 270 g/mol. The molecular weight excluding hydrogens is 252 g/mol. The van der Waals surface area contributed by atoms with Gasteiger partial charge in [-0.15, -0.1) is 11.3 Å². The van der Waals surface area contributed by atoms with Crippen LogP contribution in [0.5, 0.6) is 0 Å². The molecule has 3 heteroatoms. The number of anilines is 1. The van der Waals surface area contributed by atoms with Gasteiger partial charge in [0.25, 0.3) is 0 Å². The lowest BCUT2D eigenvalue weighted by Crippen LogP contribution is -1.94. The molecule has 19 heavy (non-hydrogen) atoms. The number of benzene rings is 1. The molecule has 0 saturated carbocycles. The molecule has 1 aromatic heterocycles. The minimum absolute atomic E-state index is 0.640. The van der Waals surface area contributed by atoms with Gasteiger partial charge in [0.1, 0.15) is 10.9 Å². The summed E-state index contributed by atoms with van der Waals surface area (Å²) in [6.45, 7) is 6.36. The Labute approximate surface area is 118 Å². The Kier molecular flexibility index (Phi) is 3.92. The standard InChI is InChI=1S/C16H18N2S/c1-4-6-12-15(18)13(9-17)19-16(12)14-10(2)7-5-8-11(14)3/h5,7-8H,4,6,18H2,1-3H3. The van der Waals surface area contributed by atoms with Crippen LogP contribution in [0.25, 0.3) is 10.4 Å². The maximum absolute atomic E-state index is 9.19. The Balaban J connectivity index is 2.72. The predicted molar refractivity (Wildman–Crippen MR) is 82.4 cm³/mol. The van der Waals surface area contributed by atoms with Crippen molar-refractivity contribution in [3.63, 3.8) is 0 Å². The number of nitrogen functional groups attached to an aromatic ring is 1. The molecule has 1 aromatic carbocycles. The highest BCUT2D eigenvalue weighted by Crippen LogP contribution is 2.41. The zero-order valence-electron chi connectivity index (χ0n) is 11.6. The second kappa shape index (κ2) is 5.46. The van der Waals surface area contributed by atoms with Gasteiger partial charge in [0.2, 0.25) is 0 Å². The molecule has 0 amide bonds. The molecule has 2 nitrogen and oxygen atoms in total. The van der Waals surface area contributed by atoms with E-state index in [0.29, 0.717) is 10.6 Å². The minimum atomic E-state index is 0.640. The molecule has 0 fully saturated rings. The van der Waals surface area contributed by atoms with E-state index in [-0.39, 0.29) is 0 Å². The fraction of sp³-hybridized carbons (Fsp3) is 0.312. The first kappa shape index (κ1) is 13.6. The van der Waals surface area contributed by atoms with E-state index < -0.39 is 0 Å². The van der Waals surface area contributed by atoms with E-state index in [1.165, 1.54) is 32.9 Å². The molecule has 0 spiro atoms. The molecule has 0 atom stereocenters. The van der Waals surface area contributed by atoms with Gasteiger partial charge in [0, 0.05) is 4.88 Å². The molecule has 0 radical (unpaired) electrons. The molecule has 0 unspecified atom stereocenters. The molecule has 2 rings (SSSR count). The summed E-state index contributed by atoms with van der Waals surface area (Å²) in [4.78, 5) is 1.81. The average molecular weight is 270 g/mol. The number of rotatable bonds is 3. The third kappa shape index (κ3) is 2.36. The van der Waals surface area contributed by atoms with Crippen molar-refractivity contribution in [1.29, 1.82) is 5.26 Å². The van der Waals surface area contributed by atoms with E-state index in [2.05, 4.69) is 45.0 Å². The Morgan fingerprint density at radius 3 is 2.42 bits per heavy atom. The summed E-state index contributed by atoms with van der Waals surface area (Å²) in [6, 6.07) is 8.50. The molecule has 2 aromatic rings. The lowest BCUT2D eigenvalue weighted by Gasteiger charge is -2.10. The van der Waals surface area contributed by atoms with Crippen LogP contribution in [-0.2, 0) is 6.42 Å². The maximum Gasteiger partial charge on any atom is 0.128 e. The minimum Gasteiger partial charge on any atom is -0.397 e. The zero-order valence-corrected chi connectivity index (χ0v) is 12.4. The highest BCUT2D eigenvalue weighted by molar-refractivity contribution is 7.16. The van der Waals surface area contributed by atoms with Crippen LogP contribution in [0.1, 0.15) is 34.9 Å². The molecule has 98 valence electrons. The Morgan fingerprint density at radius 1 is 1.26 bits per heavy atom. The fourth-order valence-electron chi connectivity index (χ4n) is 2.43. The van der Waals surface area contributed by atoms with E-state index in [1.54, 1.807) is 0 Å². The van der Waals surface area contributed by atoms with Crippen LogP contribution in [0.15, 0.2) is 18.2 Å². The van der Waals surface area contributed by atoms with Crippen molar-refractivity contribution in [2.45, 2.75) is 33.6 Å². The number of thiophene rings is 1. The van der Waals surface area contributed by atoms with Gasteiger partial charge in [-0.25, -0.2) is 0 Å². The molecule has 1 heterocycles. The lowest BCUT2D eigenvalue weighted by atomic mass is 9.97. The van der Waals surface area contributed by atoms with Gasteiger partial charge in [-0.2, -0.15) is 5.26 Å². The van der Waals surface area contributed by atoms with E-state index in [0.717, 1.165) is 18.4 Å². The van der Waals surface area contributed by atoms with E-state index in [9.17, 15) is 5.26 Å². The molecule has 0 bridgehead atoms. The summed E-state index contributed by atoms with van der Waals surface area (Å²) in [7, 11) is 0. The van der Waals surface area contributed by atoms with Crippen molar-refractivity contribution in [3.8, 4) is 16.5 Å². The van der Waals surface area contributed by atoms with Crippen LogP contribution >= 0.6 is 11.3 Å². The first-order valence-electron chi connectivity index (χ1n) is 6.48. The van der Waals surface area contributed by atoms with Gasteiger partial charge < -0.3 is 5.73 Å². The highest BCUT2D eigenvalue weighted by atomic mass is 32.1. The van der Waals surface area contributed by atoms with Crippen LogP contribution in [0.2, 0.25) is 0 Å². The molecule has 0 aliphatic carbocycles. The Hall–Kier alpha value is -1.79. The number of aryl methyl sites for hydroxylation is 2. The van der Waals surface area contributed by atoms with Gasteiger partial charge in [-0.1, -0.05) is 31.5 Å². The highest BCUT2D eigenvalue weighted by Gasteiger charge is 2.18. The second-order valence-corrected chi connectivity index (χ2v) is 5.80. The summed E-state index contributed by atoms with van der Waals surface area (Å²) < 4.78 is 0. The number of hydrogen-bond donors (Lipinski definition) is 1. The number of hydrogen-bond acceptors (Lipinski definition) is 3. The van der Waals surface area contributed by atoms with Crippen molar-refractivity contribution >= 4 is 17.0 Å². The summed E-state index contributed by atoms with van der Waals surface area (Å²) in [5.41, 5.74) is 11.7. The van der Waals surface area contributed by atoms with Crippen LogP contribution < -0.4 is 5.73 Å². The first-order chi connectivity index (χ1) is 9.10. The molecular formula is C16H18N2S. The zero-order chi connectivity index (χ0) is 14.0. The van der Waals surface area contributed by atoms with Gasteiger partial charge >= 0.3 is 0 Å². The first-order valence-corrected chi connectivity index (χ1v) is 7.29. The van der Waals surface area contributed by atoms with Crippen molar-refractivity contribution in [2.24, 2.45) is 0 Å². The van der Waals surface area contributed by atoms with Gasteiger partial charge in [-0.05, 0) is 42.5 Å². The SMILES string of the molecule is CCCc1c(-c2c(C)cccc2C)sc(C#N)c1N. The quantitative estimate of drug-likeness (QED) is 0.896. The van der Waals surface area contributed by atoms with Crippen molar-refractivity contribution in [1.82, 2.24) is 0 Å². The molecule has 0 aliphatic rings. The topological polar surface area (TPSA) is 49.8 Å². The Morgan fingerprint density at radius 2 is 1.89 bits per heavy atom. The van der Waals surface area contributed by atoms with Crippen molar-refractivity contribution < 1.29 is 0 Å². The third-order valence-electron chi connectivity index (χ3n) is 3.36. The van der Waals surface area contributed by atoms with Crippen LogP contribution in [0, 0.1) is 25.2 Å². The summed E-state index contributed by atoms with van der Waals surface area (Å²) >= 11 is 1.52. The third-order valence-corrected chi connectivity index (χ3v) is 4.53. The van der Waals surface area contributed by atoms with Crippen LogP contribution in [-0.4, -0.2) is 0 Å². The van der Waals surface area contributed by atoms with Crippen LogP contribution in [0.4, 0.5) is 5.69 Å². The Bertz CT molecular complexity index is 627. The summed E-state index contributed by atoms with van der Waals surface area (Å²) in [5, 5.41) is 9.19. The van der Waals surface area contributed by atoms with Crippen LogP contribution in [0.3, 0.4) is 0 Å². The molecule has 0 aliphatic heterocycles. The molecule has 2 N–H and O–H groups in total. The largest absolute Gasteiger partial charge is 0.397 e. The smallest absolute Gasteiger partial charge is 0.128 e. The van der Waals surface area contributed by atoms with E-state index in [4.69, 9.17) is 5.73 Å². The van der Waals surface area contributed by atoms with Gasteiger partial charge in [0.15, 0.2) is 0 Å².